The van der Waals surface area contributed by atoms with Crippen LogP contribution in [-0.4, -0.2) is 30.9 Å². The van der Waals surface area contributed by atoms with Gasteiger partial charge in [-0.25, -0.2) is 0 Å². The Hall–Kier alpha value is -5.78. The summed E-state index contributed by atoms with van der Waals surface area (Å²) in [6, 6.07) is 6.84. The molecule has 1 aromatic heterocycles. The van der Waals surface area contributed by atoms with Gasteiger partial charge < -0.3 is 28.1 Å². The molecule has 0 aliphatic heterocycles. The second-order valence-corrected chi connectivity index (χ2v) is 22.4. The summed E-state index contributed by atoms with van der Waals surface area (Å²) in [4.78, 5) is 77.7. The maximum Gasteiger partial charge on any atom is 0.311 e. The molecule has 0 radical (unpaired) electrons. The number of hydrogen-bond acceptors (Lipinski definition) is 12. The lowest BCUT2D eigenvalue weighted by molar-refractivity contribution is -0.137. The number of unbranched alkanes of at least 4 members (excludes halogenated alkanes) is 33. The Morgan fingerprint density at radius 1 is 0.398 bits per heavy atom. The van der Waals surface area contributed by atoms with E-state index in [9.17, 15) is 28.8 Å². The quantitative estimate of drug-likeness (QED) is 0.0173. The summed E-state index contributed by atoms with van der Waals surface area (Å²) in [5.74, 6) is -2.76. The largest absolute Gasteiger partial charge is 0.452 e. The first-order chi connectivity index (χ1) is 40.8. The lowest BCUT2D eigenvalue weighted by atomic mass is 10.1. The van der Waals surface area contributed by atoms with Crippen LogP contribution < -0.4 is 29.1 Å². The molecule has 0 saturated carbocycles. The third-order valence-corrected chi connectivity index (χ3v) is 15.0. The Morgan fingerprint density at radius 3 is 1.16 bits per heavy atom. The molecule has 2 aromatic carbocycles. The van der Waals surface area contributed by atoms with Gasteiger partial charge in [0.25, 0.3) is 12.9 Å². The average molecular weight is 1150 g/mol. The highest BCUT2D eigenvalue weighted by Crippen LogP contribution is 2.40. The molecule has 0 spiro atoms. The second kappa shape index (κ2) is 48.6. The fraction of sp³-hybridized carbons (Fsp3) is 0.634. The van der Waals surface area contributed by atoms with Gasteiger partial charge >= 0.3 is 17.9 Å². The van der Waals surface area contributed by atoms with Gasteiger partial charge in [-0.05, 0) is 115 Å². The molecule has 0 bridgehead atoms. The number of carbonyl (C=O) groups excluding carboxylic acids is 5. The van der Waals surface area contributed by atoms with E-state index in [0.29, 0.717) is 19.3 Å². The smallest absolute Gasteiger partial charge is 0.311 e. The fourth-order valence-corrected chi connectivity index (χ4v) is 10.2. The molecule has 0 aliphatic carbocycles. The number of rotatable bonds is 53. The summed E-state index contributed by atoms with van der Waals surface area (Å²) in [5.41, 5.74) is -0.884. The first-order valence-electron chi connectivity index (χ1n) is 32.8. The summed E-state index contributed by atoms with van der Waals surface area (Å²) < 4.78 is 34.1. The van der Waals surface area contributed by atoms with Crippen LogP contribution >= 0.6 is 0 Å². The molecule has 0 saturated heterocycles. The topological polar surface area (TPSA) is 162 Å². The summed E-state index contributed by atoms with van der Waals surface area (Å²) >= 11 is 0. The molecule has 0 atom stereocenters. The minimum atomic E-state index is -0.866. The van der Waals surface area contributed by atoms with Gasteiger partial charge in [-0.1, -0.05) is 211 Å². The van der Waals surface area contributed by atoms with Crippen LogP contribution in [0.2, 0.25) is 0 Å². The minimum Gasteiger partial charge on any atom is -0.452 e. The first-order valence-corrected chi connectivity index (χ1v) is 32.8. The first kappa shape index (κ1) is 71.5. The molecule has 12 nitrogen and oxygen atoms in total. The molecule has 0 amide bonds. The Balaban J connectivity index is 1.69. The van der Waals surface area contributed by atoms with Crippen LogP contribution in [0.4, 0.5) is 0 Å². The van der Waals surface area contributed by atoms with E-state index in [-0.39, 0.29) is 77.5 Å². The maximum atomic E-state index is 14.2. The van der Waals surface area contributed by atoms with Crippen molar-refractivity contribution in [3.8, 4) is 40.1 Å². The molecule has 1 heterocycles. The highest BCUT2D eigenvalue weighted by molar-refractivity contribution is 5.91. The zero-order valence-corrected chi connectivity index (χ0v) is 51.6. The zero-order chi connectivity index (χ0) is 59.6. The summed E-state index contributed by atoms with van der Waals surface area (Å²) in [6.07, 6.45) is 58.1. The zero-order valence-electron chi connectivity index (χ0n) is 51.6. The van der Waals surface area contributed by atoms with E-state index in [1.54, 1.807) is 0 Å². The highest BCUT2D eigenvalue weighted by atomic mass is 16.6. The van der Waals surface area contributed by atoms with E-state index in [4.69, 9.17) is 28.1 Å². The van der Waals surface area contributed by atoms with Crippen molar-refractivity contribution in [2.45, 2.75) is 290 Å². The van der Waals surface area contributed by atoms with Gasteiger partial charge in [0.2, 0.25) is 11.2 Å². The Bertz CT molecular complexity index is 2390. The molecular weight excluding hydrogens is 1040 g/mol. The van der Waals surface area contributed by atoms with Gasteiger partial charge in [-0.2, -0.15) is 0 Å². The van der Waals surface area contributed by atoms with Crippen molar-refractivity contribution in [3.05, 3.63) is 77.0 Å². The van der Waals surface area contributed by atoms with Crippen LogP contribution in [0.3, 0.4) is 0 Å². The van der Waals surface area contributed by atoms with E-state index in [2.05, 4.69) is 57.2 Å². The standard InChI is InChI=1S/C71H106O12/c1-4-7-10-13-16-19-22-25-28-31-34-37-40-43-46-49-65(74)80-60-55-63(78-57-72)68-64(56-60)83-70(71(69(68)77)79-58-73)59-52-53-61(81-66(75)50-47-44-41-38-35-32-29-26-23-20-17-14-11-8-5-2)62(54-59)82-67(76)51-48-45-42-39-36-33-30-27-24-21-18-15-12-9-6-3/h25-30,52-58H,4-24,31-51H2,1-3H3/b28-25-,29-26-,30-27-. The number of fused-ring (bicyclic) bond motifs is 1. The number of ether oxygens (including phenoxy) is 5. The van der Waals surface area contributed by atoms with Crippen molar-refractivity contribution in [2.24, 2.45) is 0 Å². The molecule has 3 rings (SSSR count). The third-order valence-electron chi connectivity index (χ3n) is 15.0. The van der Waals surface area contributed by atoms with Crippen molar-refractivity contribution in [1.29, 1.82) is 0 Å². The predicted octanol–water partition coefficient (Wildman–Crippen LogP) is 20.4. The third kappa shape index (κ3) is 33.3. The average Bonchev–Trinajstić information content (AvgIpc) is 3.06. The van der Waals surface area contributed by atoms with Crippen LogP contribution in [-0.2, 0) is 24.0 Å². The molecule has 0 fully saturated rings. The fourth-order valence-electron chi connectivity index (χ4n) is 10.2. The van der Waals surface area contributed by atoms with Gasteiger partial charge in [-0.15, -0.1) is 0 Å². The molecule has 462 valence electrons. The molecule has 3 aromatic rings. The number of esters is 3. The van der Waals surface area contributed by atoms with Crippen molar-refractivity contribution < 1.29 is 52.1 Å². The van der Waals surface area contributed by atoms with E-state index in [1.165, 1.54) is 146 Å². The van der Waals surface area contributed by atoms with Crippen LogP contribution in [0.1, 0.15) is 290 Å². The predicted molar refractivity (Wildman–Crippen MR) is 337 cm³/mol. The van der Waals surface area contributed by atoms with Crippen LogP contribution in [0.25, 0.3) is 22.3 Å². The van der Waals surface area contributed by atoms with E-state index in [0.717, 1.165) is 116 Å². The van der Waals surface area contributed by atoms with Crippen LogP contribution in [0, 0.1) is 0 Å². The molecule has 0 unspecified atom stereocenters. The highest BCUT2D eigenvalue weighted by Gasteiger charge is 2.25. The molecule has 12 heteroatoms. The van der Waals surface area contributed by atoms with Crippen molar-refractivity contribution in [2.75, 3.05) is 0 Å². The van der Waals surface area contributed by atoms with Gasteiger partial charge in [0.15, 0.2) is 17.3 Å². The lowest BCUT2D eigenvalue weighted by Gasteiger charge is -2.14. The van der Waals surface area contributed by atoms with Crippen molar-refractivity contribution >= 4 is 41.8 Å². The van der Waals surface area contributed by atoms with Gasteiger partial charge in [-0.3, -0.25) is 28.8 Å². The Morgan fingerprint density at radius 2 is 0.759 bits per heavy atom. The summed E-state index contributed by atoms with van der Waals surface area (Å²) in [6.45, 7) is 6.90. The number of carbonyl (C=O) groups is 5. The minimum absolute atomic E-state index is 0.00695. The second-order valence-electron chi connectivity index (χ2n) is 22.4. The number of benzene rings is 2. The van der Waals surface area contributed by atoms with Crippen LogP contribution in [0.15, 0.2) is 76.0 Å². The Labute approximate surface area is 499 Å². The molecule has 83 heavy (non-hydrogen) atoms. The van der Waals surface area contributed by atoms with Gasteiger partial charge in [0, 0.05) is 37.0 Å². The monoisotopic (exact) mass is 1150 g/mol. The normalized spacial score (nSPS) is 11.6. The van der Waals surface area contributed by atoms with Gasteiger partial charge in [0.1, 0.15) is 22.5 Å². The molecule has 0 aliphatic rings. The maximum absolute atomic E-state index is 14.2. The van der Waals surface area contributed by atoms with E-state index >= 15 is 0 Å². The molecule has 0 N–H and O–H groups in total. The number of hydrogen-bond donors (Lipinski definition) is 0. The molecular formula is C71H106O12. The van der Waals surface area contributed by atoms with Gasteiger partial charge in [0.05, 0.1) is 0 Å². The van der Waals surface area contributed by atoms with Crippen molar-refractivity contribution in [3.63, 3.8) is 0 Å². The van der Waals surface area contributed by atoms with Crippen LogP contribution in [0.5, 0.6) is 28.7 Å². The summed E-state index contributed by atoms with van der Waals surface area (Å²) in [7, 11) is 0. The SMILES string of the molecule is CCCCCCCC/C=C\CCCCCCCC(=O)Oc1cc(OC=O)c2c(=O)c(OC=O)c(-c3ccc(OC(=O)CCCCCCC/C=C\CCCCCCCC)c(OC(=O)CCCCCCC/C=C\CCCCCCCC)c3)oc2c1. The van der Waals surface area contributed by atoms with E-state index in [1.807, 2.05) is 0 Å². The number of allylic oxidation sites excluding steroid dienone is 6. The van der Waals surface area contributed by atoms with Crippen molar-refractivity contribution in [1.82, 2.24) is 0 Å². The van der Waals surface area contributed by atoms with E-state index < -0.39 is 29.1 Å². The summed E-state index contributed by atoms with van der Waals surface area (Å²) in [5, 5.41) is -0.248. The Kier molecular flexibility index (Phi) is 41.8. The lowest BCUT2D eigenvalue weighted by Crippen LogP contribution is -2.13.